The van der Waals surface area contributed by atoms with Gasteiger partial charge in [0.2, 0.25) is 0 Å². The molecule has 23 heavy (non-hydrogen) atoms. The second-order valence-electron chi connectivity index (χ2n) is 6.58. The van der Waals surface area contributed by atoms with Gasteiger partial charge in [-0.2, -0.15) is 0 Å². The number of fused-ring (bicyclic) bond motifs is 2. The summed E-state index contributed by atoms with van der Waals surface area (Å²) in [4.78, 5) is 11.4. The molecular weight excluding hydrogens is 286 g/mol. The minimum atomic E-state index is -0.223. The number of hydrogen-bond donors (Lipinski definition) is 0. The second-order valence-corrected chi connectivity index (χ2v) is 6.58. The van der Waals surface area contributed by atoms with E-state index in [4.69, 9.17) is 0 Å². The van der Waals surface area contributed by atoms with E-state index in [0.717, 1.165) is 11.1 Å². The van der Waals surface area contributed by atoms with Gasteiger partial charge in [-0.3, -0.25) is 10.1 Å². The van der Waals surface area contributed by atoms with Crippen molar-refractivity contribution in [1.29, 1.82) is 0 Å². The molecule has 0 aromatic heterocycles. The lowest BCUT2D eigenvalue weighted by Gasteiger charge is -2.48. The zero-order valence-electron chi connectivity index (χ0n) is 12.4. The van der Waals surface area contributed by atoms with E-state index in [2.05, 4.69) is 48.6 Å². The summed E-state index contributed by atoms with van der Waals surface area (Å²) in [5.74, 6) is 1.01. The smallest absolute Gasteiger partial charge is 0.258 e. The molecule has 0 spiro atoms. The van der Waals surface area contributed by atoms with Crippen molar-refractivity contribution < 1.29 is 4.92 Å². The number of rotatable bonds is 1. The first kappa shape index (κ1) is 12.8. The monoisotopic (exact) mass is 301 g/mol. The summed E-state index contributed by atoms with van der Waals surface area (Å²) in [6.07, 6.45) is 22.8. The van der Waals surface area contributed by atoms with E-state index in [1.807, 2.05) is 12.2 Å². The average molecular weight is 301 g/mol. The fraction of sp³-hybridized carbons (Fsp3) is 0.200. The quantitative estimate of drug-likeness (QED) is 0.541. The highest BCUT2D eigenvalue weighted by Crippen LogP contribution is 2.57. The van der Waals surface area contributed by atoms with Crippen LogP contribution in [0, 0.1) is 33.8 Å². The molecule has 0 unspecified atom stereocenters. The fourth-order valence-electron chi connectivity index (χ4n) is 4.76. The standard InChI is InChI=1S/C20H15NO2/c22-21(23)17-11-10-13-6-2-8-15-14-7-1-4-12-5-3-9-16(18(12)14)20(17)19(13)15/h1-11,14-15,18-19H/t14-,15+,18+,19-/m0/s1. The van der Waals surface area contributed by atoms with Crippen molar-refractivity contribution in [3.05, 3.63) is 105 Å². The maximum atomic E-state index is 11.6. The summed E-state index contributed by atoms with van der Waals surface area (Å²) >= 11 is 0. The number of nitrogens with zero attached hydrogens (tertiary/aromatic N) is 1. The second kappa shape index (κ2) is 4.42. The molecule has 0 bridgehead atoms. The Morgan fingerprint density at radius 2 is 1.52 bits per heavy atom. The summed E-state index contributed by atoms with van der Waals surface area (Å²) in [6.45, 7) is 0. The molecular formula is C20H15NO2. The van der Waals surface area contributed by atoms with Gasteiger partial charge in [-0.05, 0) is 28.6 Å². The van der Waals surface area contributed by atoms with Gasteiger partial charge < -0.3 is 0 Å². The molecule has 0 amide bonds. The Balaban J connectivity index is 1.82. The van der Waals surface area contributed by atoms with Crippen molar-refractivity contribution in [2.75, 3.05) is 0 Å². The van der Waals surface area contributed by atoms with Gasteiger partial charge in [-0.25, -0.2) is 0 Å². The van der Waals surface area contributed by atoms with Crippen LogP contribution in [0.5, 0.6) is 0 Å². The van der Waals surface area contributed by atoms with E-state index < -0.39 is 0 Å². The number of hydrogen-bond acceptors (Lipinski definition) is 2. The molecule has 1 fully saturated rings. The maximum Gasteiger partial charge on any atom is 0.273 e. The van der Waals surface area contributed by atoms with E-state index in [0.29, 0.717) is 11.8 Å². The van der Waals surface area contributed by atoms with Crippen LogP contribution in [0.25, 0.3) is 0 Å². The van der Waals surface area contributed by atoms with Gasteiger partial charge in [0.25, 0.3) is 5.70 Å². The third-order valence-electron chi connectivity index (χ3n) is 5.60. The summed E-state index contributed by atoms with van der Waals surface area (Å²) in [5, 5.41) is 11.6. The lowest BCUT2D eigenvalue weighted by Crippen LogP contribution is -2.41. The Kier molecular flexibility index (Phi) is 2.46. The van der Waals surface area contributed by atoms with Gasteiger partial charge in [0.05, 0.1) is 4.92 Å². The molecule has 3 heteroatoms. The summed E-state index contributed by atoms with van der Waals surface area (Å²) in [6, 6.07) is 0. The van der Waals surface area contributed by atoms with E-state index in [9.17, 15) is 10.1 Å². The molecule has 0 aromatic rings. The zero-order valence-corrected chi connectivity index (χ0v) is 12.4. The van der Waals surface area contributed by atoms with Crippen LogP contribution in [-0.2, 0) is 0 Å². The summed E-state index contributed by atoms with van der Waals surface area (Å²) in [5.41, 5.74) is 4.78. The first-order chi connectivity index (χ1) is 11.3. The molecule has 5 aliphatic carbocycles. The Hall–Kier alpha value is -2.68. The molecule has 4 atom stereocenters. The third-order valence-corrected chi connectivity index (χ3v) is 5.60. The highest BCUT2D eigenvalue weighted by Gasteiger charge is 2.49. The van der Waals surface area contributed by atoms with Crippen LogP contribution >= 0.6 is 0 Å². The molecule has 5 rings (SSSR count). The molecule has 0 aliphatic heterocycles. The van der Waals surface area contributed by atoms with Crippen molar-refractivity contribution in [1.82, 2.24) is 0 Å². The predicted octanol–water partition coefficient (Wildman–Crippen LogP) is 4.05. The zero-order chi connectivity index (χ0) is 15.6. The van der Waals surface area contributed by atoms with Crippen molar-refractivity contribution in [3.8, 4) is 0 Å². The van der Waals surface area contributed by atoms with Gasteiger partial charge in [0.1, 0.15) is 0 Å². The Morgan fingerprint density at radius 3 is 2.26 bits per heavy atom. The van der Waals surface area contributed by atoms with Crippen LogP contribution in [0.15, 0.2) is 94.8 Å². The molecule has 0 N–H and O–H groups in total. The lowest BCUT2D eigenvalue weighted by atomic mass is 9.54. The summed E-state index contributed by atoms with van der Waals surface area (Å²) in [7, 11) is 0. The van der Waals surface area contributed by atoms with Gasteiger partial charge in [0.15, 0.2) is 0 Å². The van der Waals surface area contributed by atoms with Gasteiger partial charge in [-0.1, -0.05) is 60.8 Å². The largest absolute Gasteiger partial charge is 0.273 e. The molecule has 5 aliphatic rings. The normalized spacial score (nSPS) is 35.2. The Bertz CT molecular complexity index is 873. The highest BCUT2D eigenvalue weighted by molar-refractivity contribution is 5.61. The SMILES string of the molecule is O=[N+]([O-])C1=C2C3=CC=CC4=CC=C[C@H]([C@@H]43)[C@H]3C=CC=C(C=C1)[C@H]23. The van der Waals surface area contributed by atoms with Gasteiger partial charge >= 0.3 is 0 Å². The fourth-order valence-corrected chi connectivity index (χ4v) is 4.76. The number of nitro groups is 1. The highest BCUT2D eigenvalue weighted by atomic mass is 16.6. The van der Waals surface area contributed by atoms with E-state index in [1.165, 1.54) is 11.1 Å². The van der Waals surface area contributed by atoms with Gasteiger partial charge in [-0.15, -0.1) is 0 Å². The molecule has 0 radical (unpaired) electrons. The van der Waals surface area contributed by atoms with Crippen molar-refractivity contribution >= 4 is 0 Å². The molecule has 0 heterocycles. The molecule has 0 saturated heterocycles. The van der Waals surface area contributed by atoms with Crippen molar-refractivity contribution in [3.63, 3.8) is 0 Å². The first-order valence-corrected chi connectivity index (χ1v) is 7.98. The minimum Gasteiger partial charge on any atom is -0.258 e. The van der Waals surface area contributed by atoms with Crippen LogP contribution in [0.4, 0.5) is 0 Å². The van der Waals surface area contributed by atoms with Crippen LogP contribution in [-0.4, -0.2) is 4.92 Å². The average Bonchev–Trinajstić information content (AvgIpc) is 2.58. The Morgan fingerprint density at radius 1 is 0.826 bits per heavy atom. The van der Waals surface area contributed by atoms with E-state index >= 15 is 0 Å². The molecule has 3 nitrogen and oxygen atoms in total. The predicted molar refractivity (Wildman–Crippen MR) is 88.8 cm³/mol. The lowest BCUT2D eigenvalue weighted by molar-refractivity contribution is -0.420. The molecule has 112 valence electrons. The Labute approximate surface area is 134 Å². The third kappa shape index (κ3) is 1.59. The topological polar surface area (TPSA) is 43.1 Å². The first-order valence-electron chi connectivity index (χ1n) is 7.98. The number of allylic oxidation sites excluding steroid dienone is 15. The van der Waals surface area contributed by atoms with E-state index in [-0.39, 0.29) is 22.5 Å². The van der Waals surface area contributed by atoms with Crippen LogP contribution in [0.2, 0.25) is 0 Å². The van der Waals surface area contributed by atoms with Crippen LogP contribution in [0.3, 0.4) is 0 Å². The minimum absolute atomic E-state index is 0.105. The van der Waals surface area contributed by atoms with Crippen molar-refractivity contribution in [2.45, 2.75) is 0 Å². The summed E-state index contributed by atoms with van der Waals surface area (Å²) < 4.78 is 0. The van der Waals surface area contributed by atoms with Crippen molar-refractivity contribution in [2.24, 2.45) is 23.7 Å². The molecule has 0 aromatic carbocycles. The van der Waals surface area contributed by atoms with E-state index in [1.54, 1.807) is 6.08 Å². The molecule has 1 saturated carbocycles. The van der Waals surface area contributed by atoms with Gasteiger partial charge in [0, 0.05) is 23.5 Å². The van der Waals surface area contributed by atoms with Crippen LogP contribution < -0.4 is 0 Å². The maximum absolute atomic E-state index is 11.6. The van der Waals surface area contributed by atoms with Crippen LogP contribution in [0.1, 0.15) is 0 Å².